The maximum atomic E-state index is 13.0. The van der Waals surface area contributed by atoms with Crippen molar-refractivity contribution in [2.45, 2.75) is 19.3 Å². The molecule has 6 heteroatoms. The molecule has 1 amide bonds. The van der Waals surface area contributed by atoms with Crippen LogP contribution < -0.4 is 4.90 Å². The maximum absolute atomic E-state index is 13.0. The third-order valence-corrected chi connectivity index (χ3v) is 6.73. The second kappa shape index (κ2) is 7.41. The van der Waals surface area contributed by atoms with Crippen LogP contribution in [0.15, 0.2) is 63.6 Å². The lowest BCUT2D eigenvalue weighted by atomic mass is 9.84. The van der Waals surface area contributed by atoms with Crippen LogP contribution in [0, 0.1) is 18.3 Å². The van der Waals surface area contributed by atoms with Crippen LogP contribution in [-0.4, -0.2) is 23.4 Å². The van der Waals surface area contributed by atoms with Gasteiger partial charge in [-0.1, -0.05) is 52.0 Å². The Balaban J connectivity index is 1.68. The number of carbonyl (C=O) groups is 1. The van der Waals surface area contributed by atoms with E-state index in [9.17, 15) is 10.1 Å². The molecular weight excluding hydrogens is 422 g/mol. The molecule has 2 aliphatic heterocycles. The van der Waals surface area contributed by atoms with Gasteiger partial charge >= 0.3 is 0 Å². The number of hydrogen-bond acceptors (Lipinski definition) is 4. The SMILES string of the molecule is Cc1ccccc1[C@H]1CC(=O)N2CN(c3ccc(Br)cc3)CSC2=C1C#N. The lowest BCUT2D eigenvalue weighted by molar-refractivity contribution is -0.129. The molecule has 0 unspecified atom stereocenters. The largest absolute Gasteiger partial charge is 0.344 e. The minimum atomic E-state index is -0.151. The highest BCUT2D eigenvalue weighted by molar-refractivity contribution is 9.10. The lowest BCUT2D eigenvalue weighted by Gasteiger charge is -2.42. The summed E-state index contributed by atoms with van der Waals surface area (Å²) < 4.78 is 1.03. The Morgan fingerprint density at radius 3 is 2.63 bits per heavy atom. The van der Waals surface area contributed by atoms with Gasteiger partial charge in [-0.2, -0.15) is 5.26 Å². The van der Waals surface area contributed by atoms with E-state index in [0.29, 0.717) is 24.5 Å². The normalized spacial score (nSPS) is 19.7. The van der Waals surface area contributed by atoms with Gasteiger partial charge in [0.1, 0.15) is 0 Å². The molecule has 0 aromatic heterocycles. The molecule has 4 rings (SSSR count). The molecule has 4 nitrogen and oxygen atoms in total. The van der Waals surface area contributed by atoms with Crippen LogP contribution >= 0.6 is 27.7 Å². The van der Waals surface area contributed by atoms with Gasteiger partial charge in [0, 0.05) is 22.5 Å². The Morgan fingerprint density at radius 1 is 1.19 bits per heavy atom. The summed E-state index contributed by atoms with van der Waals surface area (Å²) in [6.45, 7) is 2.52. The Kier molecular flexibility index (Phi) is 4.98. The third kappa shape index (κ3) is 3.38. The number of carbonyl (C=O) groups excluding carboxylic acids is 1. The highest BCUT2D eigenvalue weighted by Gasteiger charge is 2.38. The Morgan fingerprint density at radius 2 is 1.93 bits per heavy atom. The van der Waals surface area contributed by atoms with Gasteiger partial charge in [-0.05, 0) is 42.3 Å². The molecule has 136 valence electrons. The zero-order chi connectivity index (χ0) is 19.0. The average Bonchev–Trinajstić information content (AvgIpc) is 2.69. The molecule has 1 atom stereocenters. The van der Waals surface area contributed by atoms with Crippen LogP contribution in [-0.2, 0) is 4.79 Å². The van der Waals surface area contributed by atoms with E-state index < -0.39 is 0 Å². The first-order valence-electron chi connectivity index (χ1n) is 8.72. The number of fused-ring (bicyclic) bond motifs is 1. The van der Waals surface area contributed by atoms with Gasteiger partial charge in [-0.25, -0.2) is 0 Å². The van der Waals surface area contributed by atoms with Gasteiger partial charge in [-0.3, -0.25) is 9.69 Å². The van der Waals surface area contributed by atoms with E-state index in [-0.39, 0.29) is 11.8 Å². The molecule has 2 aliphatic rings. The summed E-state index contributed by atoms with van der Waals surface area (Å²) >= 11 is 5.03. The Labute approximate surface area is 171 Å². The van der Waals surface area contributed by atoms with Crippen molar-refractivity contribution >= 4 is 39.3 Å². The molecular formula is C21H18BrN3OS. The molecule has 0 radical (unpaired) electrons. The molecule has 0 bridgehead atoms. The number of thioether (sulfide) groups is 1. The van der Waals surface area contributed by atoms with Crippen LogP contribution in [0.25, 0.3) is 0 Å². The first-order valence-corrected chi connectivity index (χ1v) is 10.5. The van der Waals surface area contributed by atoms with Crippen LogP contribution in [0.1, 0.15) is 23.5 Å². The number of allylic oxidation sites excluding steroid dienone is 1. The van der Waals surface area contributed by atoms with E-state index in [1.807, 2.05) is 55.5 Å². The summed E-state index contributed by atoms with van der Waals surface area (Å²) in [7, 11) is 0. The zero-order valence-corrected chi connectivity index (χ0v) is 17.3. The van der Waals surface area contributed by atoms with Crippen molar-refractivity contribution in [1.82, 2.24) is 4.90 Å². The van der Waals surface area contributed by atoms with E-state index in [1.54, 1.807) is 16.7 Å². The summed E-state index contributed by atoms with van der Waals surface area (Å²) in [5, 5.41) is 10.7. The molecule has 0 saturated carbocycles. The topological polar surface area (TPSA) is 47.3 Å². The zero-order valence-electron chi connectivity index (χ0n) is 14.9. The van der Waals surface area contributed by atoms with Crippen molar-refractivity contribution < 1.29 is 4.79 Å². The molecule has 27 heavy (non-hydrogen) atoms. The van der Waals surface area contributed by atoms with Crippen molar-refractivity contribution in [2.75, 3.05) is 17.4 Å². The Bertz CT molecular complexity index is 964. The van der Waals surface area contributed by atoms with Gasteiger partial charge in [0.25, 0.3) is 0 Å². The first kappa shape index (κ1) is 18.1. The van der Waals surface area contributed by atoms with Gasteiger partial charge in [0.2, 0.25) is 5.91 Å². The third-order valence-electron chi connectivity index (χ3n) is 5.05. The monoisotopic (exact) mass is 439 g/mol. The van der Waals surface area contributed by atoms with E-state index in [4.69, 9.17) is 0 Å². The summed E-state index contributed by atoms with van der Waals surface area (Å²) in [4.78, 5) is 16.9. The van der Waals surface area contributed by atoms with Gasteiger partial charge < -0.3 is 4.90 Å². The number of aryl methyl sites for hydroxylation is 1. The van der Waals surface area contributed by atoms with Gasteiger partial charge in [0.05, 0.1) is 29.2 Å². The van der Waals surface area contributed by atoms with Crippen molar-refractivity contribution in [2.24, 2.45) is 0 Å². The van der Waals surface area contributed by atoms with E-state index in [2.05, 4.69) is 26.9 Å². The molecule has 0 aliphatic carbocycles. The standard InChI is InChI=1S/C21H18BrN3OS/c1-14-4-2-3-5-17(14)18-10-20(26)25-12-24(13-27-21(25)19(18)11-23)16-8-6-15(22)7-9-16/h2-9,18H,10,12-13H2,1H3/t18-/m1/s1. The first-order chi connectivity index (χ1) is 13.1. The van der Waals surface area contributed by atoms with Crippen LogP contribution in [0.3, 0.4) is 0 Å². The van der Waals surface area contributed by atoms with Crippen LogP contribution in [0.5, 0.6) is 0 Å². The fourth-order valence-electron chi connectivity index (χ4n) is 3.62. The molecule has 2 heterocycles. The van der Waals surface area contributed by atoms with Crippen molar-refractivity contribution in [3.8, 4) is 6.07 Å². The second-order valence-corrected chi connectivity index (χ2v) is 8.55. The number of benzene rings is 2. The predicted molar refractivity (Wildman–Crippen MR) is 112 cm³/mol. The molecule has 2 aromatic carbocycles. The summed E-state index contributed by atoms with van der Waals surface area (Å²) in [5.41, 5.74) is 3.97. The Hall–Kier alpha value is -2.23. The second-order valence-electron chi connectivity index (χ2n) is 6.70. The quantitative estimate of drug-likeness (QED) is 0.661. The average molecular weight is 440 g/mol. The number of anilines is 1. The molecule has 1 fully saturated rings. The summed E-state index contributed by atoms with van der Waals surface area (Å²) in [6, 6.07) is 18.5. The minimum Gasteiger partial charge on any atom is -0.344 e. The molecule has 1 saturated heterocycles. The van der Waals surface area contributed by atoms with E-state index in [1.165, 1.54) is 0 Å². The molecule has 2 aromatic rings. The highest BCUT2D eigenvalue weighted by Crippen LogP contribution is 2.43. The summed E-state index contributed by atoms with van der Waals surface area (Å²) in [5.74, 6) is 0.639. The number of amides is 1. The van der Waals surface area contributed by atoms with Gasteiger partial charge in [0.15, 0.2) is 0 Å². The lowest BCUT2D eigenvalue weighted by Crippen LogP contribution is -2.47. The van der Waals surface area contributed by atoms with Crippen molar-refractivity contribution in [3.63, 3.8) is 0 Å². The van der Waals surface area contributed by atoms with E-state index in [0.717, 1.165) is 26.3 Å². The van der Waals surface area contributed by atoms with Crippen molar-refractivity contribution in [1.29, 1.82) is 5.26 Å². The fourth-order valence-corrected chi connectivity index (χ4v) is 5.05. The fraction of sp³-hybridized carbons (Fsp3) is 0.238. The number of halogens is 1. The molecule has 0 N–H and O–H groups in total. The predicted octanol–water partition coefficient (Wildman–Crippen LogP) is 4.98. The van der Waals surface area contributed by atoms with Crippen LogP contribution in [0.2, 0.25) is 0 Å². The van der Waals surface area contributed by atoms with E-state index >= 15 is 0 Å². The summed E-state index contributed by atoms with van der Waals surface area (Å²) in [6.07, 6.45) is 0.339. The maximum Gasteiger partial charge on any atom is 0.229 e. The molecule has 0 spiro atoms. The number of hydrogen-bond donors (Lipinski definition) is 0. The minimum absolute atomic E-state index is 0.0755. The number of nitriles is 1. The van der Waals surface area contributed by atoms with Gasteiger partial charge in [-0.15, -0.1) is 0 Å². The van der Waals surface area contributed by atoms with Crippen LogP contribution in [0.4, 0.5) is 5.69 Å². The number of rotatable bonds is 2. The number of nitrogens with zero attached hydrogens (tertiary/aromatic N) is 3. The van der Waals surface area contributed by atoms with Crippen molar-refractivity contribution in [3.05, 3.63) is 74.7 Å². The smallest absolute Gasteiger partial charge is 0.229 e. The highest BCUT2D eigenvalue weighted by atomic mass is 79.9.